The van der Waals surface area contributed by atoms with Crippen LogP contribution in [0.5, 0.6) is 0 Å². The Bertz CT molecular complexity index is 716. The number of rotatable bonds is 5. The van der Waals surface area contributed by atoms with Gasteiger partial charge in [-0.05, 0) is 30.5 Å². The SMILES string of the molecule is COC(=O)c1ncoc1-c1cccc(C(C)(C)O[SiH2]C(C)(C)C)c1. The first-order valence-electron chi connectivity index (χ1n) is 7.91. The van der Waals surface area contributed by atoms with Gasteiger partial charge in [-0.3, -0.25) is 0 Å². The molecule has 0 saturated heterocycles. The van der Waals surface area contributed by atoms with Crippen molar-refractivity contribution in [2.24, 2.45) is 0 Å². The van der Waals surface area contributed by atoms with E-state index in [0.717, 1.165) is 11.1 Å². The van der Waals surface area contributed by atoms with Crippen molar-refractivity contribution in [1.29, 1.82) is 0 Å². The van der Waals surface area contributed by atoms with Gasteiger partial charge in [0.25, 0.3) is 0 Å². The minimum Gasteiger partial charge on any atom is -0.464 e. The van der Waals surface area contributed by atoms with Crippen LogP contribution in [0, 0.1) is 0 Å². The fourth-order valence-electron chi connectivity index (χ4n) is 2.21. The summed E-state index contributed by atoms with van der Waals surface area (Å²) in [6.07, 6.45) is 1.25. The van der Waals surface area contributed by atoms with Crippen LogP contribution in [-0.2, 0) is 14.8 Å². The van der Waals surface area contributed by atoms with E-state index in [4.69, 9.17) is 13.6 Å². The quantitative estimate of drug-likeness (QED) is 0.610. The Kier molecular flexibility index (Phi) is 5.30. The lowest BCUT2D eigenvalue weighted by Crippen LogP contribution is -2.27. The molecular formula is C18H25NO4Si. The van der Waals surface area contributed by atoms with Crippen molar-refractivity contribution in [3.63, 3.8) is 0 Å². The van der Waals surface area contributed by atoms with Crippen molar-refractivity contribution in [2.45, 2.75) is 45.3 Å². The summed E-state index contributed by atoms with van der Waals surface area (Å²) in [6, 6.07) is 7.81. The van der Waals surface area contributed by atoms with Crippen LogP contribution in [0.2, 0.25) is 5.04 Å². The van der Waals surface area contributed by atoms with Crippen LogP contribution in [-0.4, -0.2) is 27.8 Å². The zero-order valence-electron chi connectivity index (χ0n) is 15.2. The van der Waals surface area contributed by atoms with Crippen LogP contribution >= 0.6 is 0 Å². The predicted molar refractivity (Wildman–Crippen MR) is 95.6 cm³/mol. The molecule has 0 radical (unpaired) electrons. The highest BCUT2D eigenvalue weighted by atomic mass is 28.2. The molecule has 0 fully saturated rings. The van der Waals surface area contributed by atoms with E-state index in [2.05, 4.69) is 39.6 Å². The average molecular weight is 347 g/mol. The van der Waals surface area contributed by atoms with Gasteiger partial charge in [-0.25, -0.2) is 9.78 Å². The number of methoxy groups -OCH3 is 1. The van der Waals surface area contributed by atoms with E-state index in [9.17, 15) is 4.79 Å². The molecule has 2 rings (SSSR count). The Labute approximate surface area is 145 Å². The molecule has 2 aromatic rings. The molecule has 6 heteroatoms. The Morgan fingerprint density at radius 2 is 1.92 bits per heavy atom. The third-order valence-corrected chi connectivity index (χ3v) is 5.36. The van der Waals surface area contributed by atoms with Crippen LogP contribution in [0.25, 0.3) is 11.3 Å². The van der Waals surface area contributed by atoms with Gasteiger partial charge < -0.3 is 13.6 Å². The molecule has 0 saturated carbocycles. The number of aromatic nitrogens is 1. The second kappa shape index (κ2) is 6.90. The second-order valence-electron chi connectivity index (χ2n) is 7.46. The topological polar surface area (TPSA) is 61.6 Å². The molecule has 0 spiro atoms. The van der Waals surface area contributed by atoms with Crippen LogP contribution in [0.15, 0.2) is 35.1 Å². The molecule has 5 nitrogen and oxygen atoms in total. The molecule has 0 aliphatic rings. The maximum atomic E-state index is 11.8. The molecule has 0 amide bonds. The molecule has 1 heterocycles. The summed E-state index contributed by atoms with van der Waals surface area (Å²) in [7, 11) is 0.627. The molecular weight excluding hydrogens is 322 g/mol. The first-order chi connectivity index (χ1) is 11.1. The van der Waals surface area contributed by atoms with Gasteiger partial charge in [0.1, 0.15) is 0 Å². The fraction of sp³-hybridized carbons (Fsp3) is 0.444. The lowest BCUT2D eigenvalue weighted by Gasteiger charge is -2.30. The van der Waals surface area contributed by atoms with E-state index in [1.165, 1.54) is 13.5 Å². The Morgan fingerprint density at radius 1 is 1.21 bits per heavy atom. The number of oxazole rings is 1. The minimum atomic E-state index is -0.697. The summed E-state index contributed by atoms with van der Waals surface area (Å²) in [4.78, 5) is 15.8. The molecule has 0 aliphatic heterocycles. The molecule has 130 valence electrons. The maximum absolute atomic E-state index is 11.8. The summed E-state index contributed by atoms with van der Waals surface area (Å²) in [5, 5.41) is 0.220. The number of esters is 1. The van der Waals surface area contributed by atoms with Crippen LogP contribution in [0.3, 0.4) is 0 Å². The summed E-state index contributed by atoms with van der Waals surface area (Å²) < 4.78 is 16.4. The van der Waals surface area contributed by atoms with Crippen molar-refractivity contribution in [1.82, 2.24) is 4.98 Å². The maximum Gasteiger partial charge on any atom is 0.360 e. The normalized spacial score (nSPS) is 12.8. The molecule has 1 aromatic carbocycles. The predicted octanol–water partition coefficient (Wildman–Crippen LogP) is 3.68. The summed E-state index contributed by atoms with van der Waals surface area (Å²) in [5.41, 5.74) is 1.59. The van der Waals surface area contributed by atoms with E-state index in [-0.39, 0.29) is 10.7 Å². The average Bonchev–Trinajstić information content (AvgIpc) is 3.01. The van der Waals surface area contributed by atoms with Gasteiger partial charge in [0, 0.05) is 5.56 Å². The summed E-state index contributed by atoms with van der Waals surface area (Å²) in [6.45, 7) is 10.7. The highest BCUT2D eigenvalue weighted by molar-refractivity contribution is 6.31. The minimum absolute atomic E-state index is 0.178. The fourth-order valence-corrected chi connectivity index (χ4v) is 3.17. The highest BCUT2D eigenvalue weighted by Crippen LogP contribution is 2.32. The van der Waals surface area contributed by atoms with Gasteiger partial charge in [0.05, 0.1) is 12.7 Å². The lowest BCUT2D eigenvalue weighted by molar-refractivity contribution is 0.0595. The zero-order chi connectivity index (χ0) is 18.0. The Balaban J connectivity index is 2.32. The van der Waals surface area contributed by atoms with Gasteiger partial charge in [-0.15, -0.1) is 0 Å². The molecule has 0 aliphatic carbocycles. The van der Waals surface area contributed by atoms with E-state index >= 15 is 0 Å². The monoisotopic (exact) mass is 347 g/mol. The Hall–Kier alpha value is -1.92. The number of carbonyl (C=O) groups is 1. The van der Waals surface area contributed by atoms with E-state index < -0.39 is 21.3 Å². The molecule has 0 atom stereocenters. The first-order valence-corrected chi connectivity index (χ1v) is 9.19. The van der Waals surface area contributed by atoms with Crippen molar-refractivity contribution in [3.05, 3.63) is 41.9 Å². The number of ether oxygens (including phenoxy) is 1. The van der Waals surface area contributed by atoms with E-state index in [0.29, 0.717) is 5.76 Å². The van der Waals surface area contributed by atoms with Crippen LogP contribution < -0.4 is 0 Å². The van der Waals surface area contributed by atoms with Crippen molar-refractivity contribution >= 4 is 15.7 Å². The third kappa shape index (κ3) is 4.33. The number of benzene rings is 1. The molecule has 24 heavy (non-hydrogen) atoms. The highest BCUT2D eigenvalue weighted by Gasteiger charge is 2.26. The number of hydrogen-bond donors (Lipinski definition) is 0. The Morgan fingerprint density at radius 3 is 2.54 bits per heavy atom. The number of hydrogen-bond acceptors (Lipinski definition) is 5. The number of nitrogens with zero attached hydrogens (tertiary/aromatic N) is 1. The van der Waals surface area contributed by atoms with Crippen LogP contribution in [0.4, 0.5) is 0 Å². The van der Waals surface area contributed by atoms with E-state index in [1.807, 2.05) is 24.3 Å². The van der Waals surface area contributed by atoms with E-state index in [1.54, 1.807) is 0 Å². The van der Waals surface area contributed by atoms with Crippen LogP contribution in [0.1, 0.15) is 50.7 Å². The van der Waals surface area contributed by atoms with Gasteiger partial charge >= 0.3 is 5.97 Å². The second-order valence-corrected chi connectivity index (χ2v) is 10.2. The van der Waals surface area contributed by atoms with Crippen molar-refractivity contribution in [2.75, 3.05) is 7.11 Å². The molecule has 1 aromatic heterocycles. The zero-order valence-corrected chi connectivity index (χ0v) is 16.6. The van der Waals surface area contributed by atoms with Gasteiger partial charge in [-0.2, -0.15) is 0 Å². The third-order valence-electron chi connectivity index (χ3n) is 3.63. The standard InChI is InChI=1S/C18H25NO4Si/c1-17(2,3)24-23-18(4,5)13-9-7-8-12(10-13)15-14(16(20)21-6)19-11-22-15/h7-11H,24H2,1-6H3. The lowest BCUT2D eigenvalue weighted by atomic mass is 9.95. The first kappa shape index (κ1) is 18.4. The molecule has 0 unspecified atom stereocenters. The summed E-state index contributed by atoms with van der Waals surface area (Å²) >= 11 is 0. The molecule has 0 N–H and O–H groups in total. The molecule has 0 bridgehead atoms. The van der Waals surface area contributed by atoms with Crippen molar-refractivity contribution in [3.8, 4) is 11.3 Å². The van der Waals surface area contributed by atoms with Gasteiger partial charge in [0.2, 0.25) is 0 Å². The number of carbonyl (C=O) groups excluding carboxylic acids is 1. The van der Waals surface area contributed by atoms with Crippen molar-refractivity contribution < 1.29 is 18.4 Å². The summed E-state index contributed by atoms with van der Waals surface area (Å²) in [5.74, 6) is -0.104. The van der Waals surface area contributed by atoms with Gasteiger partial charge in [-0.1, -0.05) is 39.0 Å². The largest absolute Gasteiger partial charge is 0.464 e. The smallest absolute Gasteiger partial charge is 0.360 e. The van der Waals surface area contributed by atoms with Gasteiger partial charge in [0.15, 0.2) is 27.6 Å².